The maximum Gasteiger partial charge on any atom is 3.00 e. The van der Waals surface area contributed by atoms with E-state index in [2.05, 4.69) is 114 Å². The molecule has 0 amide bonds. The van der Waals surface area contributed by atoms with Gasteiger partial charge in [0.1, 0.15) is 0 Å². The minimum absolute atomic E-state index is 0. The van der Waals surface area contributed by atoms with Crippen molar-refractivity contribution in [3.63, 3.8) is 0 Å². The van der Waals surface area contributed by atoms with Gasteiger partial charge in [-0.1, -0.05) is 101 Å². The van der Waals surface area contributed by atoms with Gasteiger partial charge in [-0.2, -0.15) is 0 Å². The van der Waals surface area contributed by atoms with Gasteiger partial charge in [0, 0.05) is 19.3 Å². The van der Waals surface area contributed by atoms with Crippen molar-refractivity contribution in [2.75, 3.05) is 0 Å². The quantitative estimate of drug-likeness (QED) is 0.128. The van der Waals surface area contributed by atoms with Crippen LogP contribution in [0.25, 0.3) is 0 Å². The van der Waals surface area contributed by atoms with Crippen LogP contribution in [0.2, 0.25) is 0 Å². The average Bonchev–Trinajstić information content (AvgIpc) is 2.81. The number of carbonyl (C=O) groups is 3. The SMILES string of the molecule is CC(C)(C)CCCCCC(=O)O[S-].CC(C)(C)CCCCCC(=O)O[S-].CC(C)(C)CCCCCC(=O)O[S-].[Bi+3].[H-].[H-].[H-].[Li+].[Li+].[Li+]. The van der Waals surface area contributed by atoms with E-state index >= 15 is 0 Å². The van der Waals surface area contributed by atoms with Crippen molar-refractivity contribution >= 4 is 82.8 Å². The summed E-state index contributed by atoms with van der Waals surface area (Å²) in [6.45, 7) is 20.0. The molecule has 0 fully saturated rings. The molecule has 0 saturated heterocycles. The first-order valence-electron chi connectivity index (χ1n) is 14.3. The minimum Gasteiger partial charge on any atom is -1.00 e. The topological polar surface area (TPSA) is 78.9 Å². The smallest absolute Gasteiger partial charge is 1.00 e. The first-order valence-corrected chi connectivity index (χ1v) is 15.3. The summed E-state index contributed by atoms with van der Waals surface area (Å²) in [6.07, 6.45) is 14.5. The van der Waals surface area contributed by atoms with E-state index in [-0.39, 0.29) is 105 Å². The number of hydrogen-bond acceptors (Lipinski definition) is 9. The van der Waals surface area contributed by atoms with E-state index < -0.39 is 0 Å². The molecule has 0 aromatic carbocycles. The Kier molecular flexibility index (Phi) is 52.0. The van der Waals surface area contributed by atoms with E-state index in [1.165, 1.54) is 38.5 Å². The first kappa shape index (κ1) is 60.5. The Bertz CT molecular complexity index is 573. The maximum atomic E-state index is 10.6. The van der Waals surface area contributed by atoms with Crippen molar-refractivity contribution in [1.82, 2.24) is 0 Å². The van der Waals surface area contributed by atoms with Crippen molar-refractivity contribution in [2.45, 2.75) is 159 Å². The van der Waals surface area contributed by atoms with Crippen molar-refractivity contribution < 1.29 is 87.8 Å². The van der Waals surface area contributed by atoms with Gasteiger partial charge in [0.15, 0.2) is 0 Å². The molecule has 0 unspecified atom stereocenters. The molecule has 0 aromatic rings. The van der Waals surface area contributed by atoms with Crippen molar-refractivity contribution in [3.8, 4) is 0 Å². The summed E-state index contributed by atoms with van der Waals surface area (Å²) in [4.78, 5) is 31.9. The van der Waals surface area contributed by atoms with Crippen molar-refractivity contribution in [3.05, 3.63) is 0 Å². The molecule has 43 heavy (non-hydrogen) atoms. The standard InChI is InChI=1S/3C10H20O2S.Bi.3Li.3H/c3*1-10(2,3)8-6-4-5-7-9(11)12-13;;;;;;;/h3*13H,4-8H2,1-3H3;;;;;;;/q;;;+3;3*+1;3*-1/p-3. The Balaban J connectivity index is -0.0000000491. The van der Waals surface area contributed by atoms with Crippen LogP contribution in [0, 0.1) is 16.2 Å². The minimum atomic E-state index is -0.272. The molecule has 0 atom stereocenters. The number of hydrogen-bond donors (Lipinski definition) is 0. The molecular weight excluding hydrogens is 782 g/mol. The molecule has 13 heteroatoms. The normalized spacial score (nSPS) is 10.3. The fourth-order valence-corrected chi connectivity index (χ4v) is 3.68. The van der Waals surface area contributed by atoms with Crippen molar-refractivity contribution in [1.29, 1.82) is 0 Å². The molecule has 0 aliphatic carbocycles. The fourth-order valence-electron chi connectivity index (χ4n) is 3.43. The van der Waals surface area contributed by atoms with Gasteiger partial charge in [-0.05, 0) is 54.8 Å². The van der Waals surface area contributed by atoms with Crippen LogP contribution in [0.1, 0.15) is 163 Å². The molecule has 0 bridgehead atoms. The number of unbranched alkanes of at least 4 members (excludes halogenated alkanes) is 6. The van der Waals surface area contributed by atoms with Crippen LogP contribution in [0.15, 0.2) is 0 Å². The summed E-state index contributed by atoms with van der Waals surface area (Å²) in [5.41, 5.74) is 1.20. The Morgan fingerprint density at radius 2 is 0.628 bits per heavy atom. The monoisotopic (exact) mass is 842 g/mol. The predicted molar refractivity (Wildman–Crippen MR) is 177 cm³/mol. The average molecular weight is 843 g/mol. The third kappa shape index (κ3) is 63.5. The second-order valence-electron chi connectivity index (χ2n) is 13.7. The van der Waals surface area contributed by atoms with Crippen LogP contribution in [-0.2, 0) is 65.7 Å². The Hall–Kier alpha value is 2.14. The molecule has 0 rings (SSSR count). The fraction of sp³-hybridized carbons (Fsp3) is 0.900. The summed E-state index contributed by atoms with van der Waals surface area (Å²) in [5, 5.41) is 0. The summed E-state index contributed by atoms with van der Waals surface area (Å²) < 4.78 is 12.4. The second-order valence-corrected chi connectivity index (χ2v) is 14.2. The zero-order chi connectivity index (χ0) is 31.0. The van der Waals surface area contributed by atoms with Crippen LogP contribution in [0.3, 0.4) is 0 Å². The second kappa shape index (κ2) is 37.0. The molecule has 0 N–H and O–H groups in total. The molecule has 6 nitrogen and oxygen atoms in total. The van der Waals surface area contributed by atoms with Gasteiger partial charge in [0.05, 0.1) is 0 Å². The third-order valence-electron chi connectivity index (χ3n) is 5.70. The molecule has 242 valence electrons. The summed E-state index contributed by atoms with van der Waals surface area (Å²) in [7, 11) is 0. The maximum absolute atomic E-state index is 10.6. The van der Waals surface area contributed by atoms with Gasteiger partial charge in [0.2, 0.25) is 0 Å². The summed E-state index contributed by atoms with van der Waals surface area (Å²) in [5.74, 6) is -0.817. The Labute approximate surface area is 342 Å². The molecule has 0 aromatic heterocycles. The van der Waals surface area contributed by atoms with Crippen LogP contribution in [0.4, 0.5) is 0 Å². The molecule has 0 heterocycles. The van der Waals surface area contributed by atoms with Crippen LogP contribution in [-0.4, -0.2) is 44.1 Å². The van der Waals surface area contributed by atoms with Crippen LogP contribution < -0.4 is 56.6 Å². The molecule has 0 aliphatic heterocycles. The summed E-state index contributed by atoms with van der Waals surface area (Å²) >= 11 is 12.5. The third-order valence-corrected chi connectivity index (χ3v) is 6.26. The van der Waals surface area contributed by atoms with E-state index in [4.69, 9.17) is 0 Å². The van der Waals surface area contributed by atoms with Gasteiger partial charge >= 0.3 is 82.8 Å². The number of carbonyl (C=O) groups excluding carboxylic acids is 3. The largest absolute Gasteiger partial charge is 3.00 e. The molecule has 0 aliphatic rings. The Morgan fingerprint density at radius 3 is 0.767 bits per heavy atom. The predicted octanol–water partition coefficient (Wildman–Crippen LogP) is -0.0670. The molecule has 0 saturated carbocycles. The van der Waals surface area contributed by atoms with E-state index in [0.29, 0.717) is 35.5 Å². The first-order chi connectivity index (χ1) is 17.9. The van der Waals surface area contributed by atoms with E-state index in [1.54, 1.807) is 0 Å². The van der Waals surface area contributed by atoms with Gasteiger partial charge in [-0.15, -0.1) is 0 Å². The van der Waals surface area contributed by atoms with E-state index in [1.807, 2.05) is 0 Å². The van der Waals surface area contributed by atoms with E-state index in [9.17, 15) is 14.4 Å². The van der Waals surface area contributed by atoms with Gasteiger partial charge in [-0.3, -0.25) is 14.4 Å². The number of rotatable bonds is 15. The van der Waals surface area contributed by atoms with Crippen molar-refractivity contribution in [2.24, 2.45) is 16.2 Å². The van der Waals surface area contributed by atoms with Gasteiger partial charge in [-0.25, -0.2) is 0 Å². The molecule has 2 radical (unpaired) electrons. The van der Waals surface area contributed by atoms with Gasteiger partial charge in [0.25, 0.3) is 17.9 Å². The van der Waals surface area contributed by atoms with Crippen LogP contribution >= 0.6 is 0 Å². The van der Waals surface area contributed by atoms with Crippen LogP contribution in [0.5, 0.6) is 0 Å². The zero-order valence-corrected chi connectivity index (χ0v) is 35.7. The van der Waals surface area contributed by atoms with E-state index in [0.717, 1.165) is 38.5 Å². The molecule has 0 spiro atoms. The Morgan fingerprint density at radius 1 is 0.442 bits per heavy atom. The molecular formula is C30H60BiLi3O6S3. The summed E-state index contributed by atoms with van der Waals surface area (Å²) in [6, 6.07) is 0. The zero-order valence-electron chi connectivity index (χ0n) is 32.7. The van der Waals surface area contributed by atoms with Gasteiger partial charge < -0.3 is 55.6 Å².